The molecule has 2 aromatic carbocycles. The van der Waals surface area contributed by atoms with Crippen LogP contribution in [-0.4, -0.2) is 11.9 Å². The molecule has 2 aromatic rings. The van der Waals surface area contributed by atoms with Crippen molar-refractivity contribution in [3.8, 4) is 0 Å². The molecular formula is C17H17NO3. The van der Waals surface area contributed by atoms with E-state index < -0.39 is 18.0 Å². The summed E-state index contributed by atoms with van der Waals surface area (Å²) in [5.74, 6) is -1.25. The van der Waals surface area contributed by atoms with Gasteiger partial charge in [0, 0.05) is 5.56 Å². The first-order valence-corrected chi connectivity index (χ1v) is 6.61. The Balaban J connectivity index is 2.27. The molecule has 4 heteroatoms. The number of carbonyl (C=O) groups is 2. The zero-order chi connectivity index (χ0) is 15.4. The number of rotatable bonds is 4. The number of amides is 1. The summed E-state index contributed by atoms with van der Waals surface area (Å²) in [5.41, 5.74) is 8.09. The summed E-state index contributed by atoms with van der Waals surface area (Å²) >= 11 is 0. The molecule has 0 spiro atoms. The van der Waals surface area contributed by atoms with E-state index in [0.29, 0.717) is 11.1 Å². The van der Waals surface area contributed by atoms with Crippen LogP contribution in [0, 0.1) is 13.8 Å². The third-order valence-corrected chi connectivity index (χ3v) is 3.20. The monoisotopic (exact) mass is 283 g/mol. The van der Waals surface area contributed by atoms with E-state index in [9.17, 15) is 9.59 Å². The Morgan fingerprint density at radius 2 is 1.71 bits per heavy atom. The van der Waals surface area contributed by atoms with Crippen LogP contribution in [0.2, 0.25) is 0 Å². The van der Waals surface area contributed by atoms with Gasteiger partial charge in [-0.15, -0.1) is 0 Å². The van der Waals surface area contributed by atoms with Gasteiger partial charge in [-0.2, -0.15) is 0 Å². The van der Waals surface area contributed by atoms with Crippen molar-refractivity contribution in [2.75, 3.05) is 0 Å². The second kappa shape index (κ2) is 6.22. The Morgan fingerprint density at radius 1 is 1.05 bits per heavy atom. The van der Waals surface area contributed by atoms with Crippen molar-refractivity contribution in [1.82, 2.24) is 0 Å². The Labute approximate surface area is 123 Å². The summed E-state index contributed by atoms with van der Waals surface area (Å²) in [5, 5.41) is 0. The van der Waals surface area contributed by atoms with Crippen molar-refractivity contribution < 1.29 is 14.3 Å². The Hall–Kier alpha value is -2.62. The number of carbonyl (C=O) groups excluding carboxylic acids is 2. The summed E-state index contributed by atoms with van der Waals surface area (Å²) in [6, 6.07) is 14.2. The molecule has 1 unspecified atom stereocenters. The van der Waals surface area contributed by atoms with Gasteiger partial charge in [0.05, 0.1) is 5.56 Å². The number of ether oxygens (including phenoxy) is 1. The molecule has 2 rings (SSSR count). The number of nitrogens with two attached hydrogens (primary N) is 1. The fraction of sp³-hybridized carbons (Fsp3) is 0.176. The highest BCUT2D eigenvalue weighted by atomic mass is 16.5. The molecule has 0 heterocycles. The molecule has 21 heavy (non-hydrogen) atoms. The minimum atomic E-state index is -1.08. The molecule has 0 aliphatic heterocycles. The van der Waals surface area contributed by atoms with Gasteiger partial charge in [0.15, 0.2) is 0 Å². The average Bonchev–Trinajstić information content (AvgIpc) is 2.47. The van der Waals surface area contributed by atoms with Crippen LogP contribution in [0.3, 0.4) is 0 Å². The van der Waals surface area contributed by atoms with E-state index in [0.717, 1.165) is 11.1 Å². The molecule has 0 fully saturated rings. The molecule has 1 atom stereocenters. The number of hydrogen-bond donors (Lipinski definition) is 1. The molecule has 2 N–H and O–H groups in total. The van der Waals surface area contributed by atoms with Gasteiger partial charge in [-0.05, 0) is 25.5 Å². The van der Waals surface area contributed by atoms with Crippen LogP contribution in [0.25, 0.3) is 0 Å². The summed E-state index contributed by atoms with van der Waals surface area (Å²) in [6.07, 6.45) is -1.08. The third kappa shape index (κ3) is 3.48. The van der Waals surface area contributed by atoms with Crippen LogP contribution in [0.15, 0.2) is 48.5 Å². The highest BCUT2D eigenvalue weighted by molar-refractivity contribution is 5.93. The van der Waals surface area contributed by atoms with Crippen molar-refractivity contribution in [2.45, 2.75) is 20.0 Å². The van der Waals surface area contributed by atoms with Crippen LogP contribution in [0.1, 0.15) is 33.2 Å². The highest BCUT2D eigenvalue weighted by Crippen LogP contribution is 2.20. The Kier molecular flexibility index (Phi) is 4.38. The molecule has 0 aromatic heterocycles. The lowest BCUT2D eigenvalue weighted by Crippen LogP contribution is -2.26. The molecule has 0 saturated heterocycles. The topological polar surface area (TPSA) is 69.4 Å². The van der Waals surface area contributed by atoms with Gasteiger partial charge in [0.25, 0.3) is 5.91 Å². The lowest BCUT2D eigenvalue weighted by atomic mass is 10.1. The van der Waals surface area contributed by atoms with Gasteiger partial charge in [-0.3, -0.25) is 4.79 Å². The Bertz CT molecular complexity index is 665. The van der Waals surface area contributed by atoms with Gasteiger partial charge in [0.2, 0.25) is 6.10 Å². The van der Waals surface area contributed by atoms with Gasteiger partial charge in [0.1, 0.15) is 0 Å². The summed E-state index contributed by atoms with van der Waals surface area (Å²) < 4.78 is 5.31. The van der Waals surface area contributed by atoms with E-state index >= 15 is 0 Å². The molecule has 1 amide bonds. The van der Waals surface area contributed by atoms with E-state index in [-0.39, 0.29) is 0 Å². The minimum absolute atomic E-state index is 0.442. The molecular weight excluding hydrogens is 266 g/mol. The normalized spacial score (nSPS) is 11.7. The number of benzene rings is 2. The highest BCUT2D eigenvalue weighted by Gasteiger charge is 2.23. The van der Waals surface area contributed by atoms with E-state index in [1.807, 2.05) is 32.0 Å². The maximum atomic E-state index is 12.3. The fourth-order valence-corrected chi connectivity index (χ4v) is 2.04. The lowest BCUT2D eigenvalue weighted by molar-refractivity contribution is -0.127. The standard InChI is InChI=1S/C17H17NO3/c1-11-8-9-12(2)14(10-11)17(20)21-15(16(18)19)13-6-4-3-5-7-13/h3-10,15H,1-2H3,(H2,18,19). The summed E-state index contributed by atoms with van der Waals surface area (Å²) in [6.45, 7) is 3.71. The van der Waals surface area contributed by atoms with Crippen LogP contribution in [0.4, 0.5) is 0 Å². The second-order valence-electron chi connectivity index (χ2n) is 4.92. The molecule has 0 saturated carbocycles. The molecule has 0 aliphatic carbocycles. The van der Waals surface area contributed by atoms with Crippen LogP contribution in [0.5, 0.6) is 0 Å². The van der Waals surface area contributed by atoms with Crippen LogP contribution in [-0.2, 0) is 9.53 Å². The van der Waals surface area contributed by atoms with Gasteiger partial charge < -0.3 is 10.5 Å². The predicted octanol–water partition coefficient (Wildman–Crippen LogP) is 2.69. The average molecular weight is 283 g/mol. The van der Waals surface area contributed by atoms with Gasteiger partial charge in [-0.25, -0.2) is 4.79 Å². The van der Waals surface area contributed by atoms with Crippen molar-refractivity contribution >= 4 is 11.9 Å². The Morgan fingerprint density at radius 3 is 2.33 bits per heavy atom. The van der Waals surface area contributed by atoms with Gasteiger partial charge in [-0.1, -0.05) is 48.0 Å². The van der Waals surface area contributed by atoms with Crippen molar-refractivity contribution in [3.63, 3.8) is 0 Å². The summed E-state index contributed by atoms with van der Waals surface area (Å²) in [4.78, 5) is 23.8. The maximum Gasteiger partial charge on any atom is 0.339 e. The quantitative estimate of drug-likeness (QED) is 0.877. The van der Waals surface area contributed by atoms with Gasteiger partial charge >= 0.3 is 5.97 Å². The largest absolute Gasteiger partial charge is 0.444 e. The summed E-state index contributed by atoms with van der Waals surface area (Å²) in [7, 11) is 0. The minimum Gasteiger partial charge on any atom is -0.444 e. The van der Waals surface area contributed by atoms with Crippen LogP contribution < -0.4 is 5.73 Å². The molecule has 0 bridgehead atoms. The first-order chi connectivity index (χ1) is 9.99. The number of aryl methyl sites for hydroxylation is 2. The van der Waals surface area contributed by atoms with Crippen LogP contribution >= 0.6 is 0 Å². The van der Waals surface area contributed by atoms with E-state index in [1.54, 1.807) is 30.3 Å². The fourth-order valence-electron chi connectivity index (χ4n) is 2.04. The predicted molar refractivity (Wildman–Crippen MR) is 79.7 cm³/mol. The van der Waals surface area contributed by atoms with E-state index in [1.165, 1.54) is 0 Å². The zero-order valence-electron chi connectivity index (χ0n) is 12.0. The third-order valence-electron chi connectivity index (χ3n) is 3.20. The maximum absolute atomic E-state index is 12.3. The lowest BCUT2D eigenvalue weighted by Gasteiger charge is -2.16. The number of hydrogen-bond acceptors (Lipinski definition) is 3. The molecule has 108 valence electrons. The first-order valence-electron chi connectivity index (χ1n) is 6.61. The van der Waals surface area contributed by atoms with E-state index in [2.05, 4.69) is 0 Å². The number of esters is 1. The molecule has 4 nitrogen and oxygen atoms in total. The number of primary amides is 1. The smallest absolute Gasteiger partial charge is 0.339 e. The van der Waals surface area contributed by atoms with Crippen molar-refractivity contribution in [1.29, 1.82) is 0 Å². The molecule has 0 aliphatic rings. The SMILES string of the molecule is Cc1ccc(C)c(C(=O)OC(C(N)=O)c2ccccc2)c1. The second-order valence-corrected chi connectivity index (χ2v) is 4.92. The van der Waals surface area contributed by atoms with Crippen molar-refractivity contribution in [2.24, 2.45) is 5.73 Å². The zero-order valence-corrected chi connectivity index (χ0v) is 12.0. The van der Waals surface area contributed by atoms with E-state index in [4.69, 9.17) is 10.5 Å². The molecule has 0 radical (unpaired) electrons. The first kappa shape index (κ1) is 14.8. The van der Waals surface area contributed by atoms with Crippen molar-refractivity contribution in [3.05, 3.63) is 70.8 Å².